The minimum atomic E-state index is -0.603. The van der Waals surface area contributed by atoms with Crippen molar-refractivity contribution in [1.82, 2.24) is 5.32 Å². The molecule has 0 saturated carbocycles. The molecule has 0 aromatic carbocycles. The van der Waals surface area contributed by atoms with Crippen molar-refractivity contribution in [2.45, 2.75) is 33.8 Å². The lowest BCUT2D eigenvalue weighted by atomic mass is 9.89. The number of carbonyl (C=O) groups excluding carboxylic acids is 2. The molecule has 0 aliphatic rings. The van der Waals surface area contributed by atoms with E-state index < -0.39 is 6.10 Å². The number of amides is 1. The molecule has 1 heterocycles. The Bertz CT molecular complexity index is 445. The van der Waals surface area contributed by atoms with E-state index in [1.54, 1.807) is 11.4 Å². The van der Waals surface area contributed by atoms with Gasteiger partial charge in [-0.05, 0) is 18.4 Å². The van der Waals surface area contributed by atoms with Crippen LogP contribution in [0.25, 0.3) is 0 Å². The molecule has 0 radical (unpaired) electrons. The molecule has 0 bridgehead atoms. The molecule has 100 valence electrons. The number of carbonyl (C=O) groups is 2. The van der Waals surface area contributed by atoms with Crippen molar-refractivity contribution in [2.24, 2.45) is 5.41 Å². The molecule has 2 N–H and O–H groups in total. The fourth-order valence-electron chi connectivity index (χ4n) is 1.22. The molecular weight excluding hydrogens is 250 g/mol. The van der Waals surface area contributed by atoms with Crippen LogP contribution in [0.15, 0.2) is 11.4 Å². The quantitative estimate of drug-likeness (QED) is 0.822. The molecule has 0 aliphatic heterocycles. The van der Waals surface area contributed by atoms with E-state index >= 15 is 0 Å². The summed E-state index contributed by atoms with van der Waals surface area (Å²) in [6, 6.07) is 1.58. The number of Topliss-reactive ketones (excluding diaryl/α,β-unsaturated/α-hetero) is 1. The molecule has 0 aliphatic carbocycles. The topological polar surface area (TPSA) is 66.4 Å². The van der Waals surface area contributed by atoms with Gasteiger partial charge in [-0.1, -0.05) is 20.8 Å². The van der Waals surface area contributed by atoms with Crippen LogP contribution in [0.4, 0.5) is 0 Å². The van der Waals surface area contributed by atoms with Gasteiger partial charge in [-0.15, -0.1) is 11.3 Å². The highest BCUT2D eigenvalue weighted by Crippen LogP contribution is 2.19. The minimum absolute atomic E-state index is 0.0555. The highest BCUT2D eigenvalue weighted by Gasteiger charge is 2.22. The normalized spacial score (nSPS) is 13.2. The van der Waals surface area contributed by atoms with Crippen molar-refractivity contribution in [3.05, 3.63) is 21.9 Å². The van der Waals surface area contributed by atoms with Gasteiger partial charge in [0.2, 0.25) is 0 Å². The first-order chi connectivity index (χ1) is 8.21. The molecule has 4 nitrogen and oxygen atoms in total. The molecular formula is C13H19NO3S. The standard InChI is InChI=1S/C13H19NO3S/c1-8(15)9-5-10(18-7-9)12(17)14-6-11(16)13(2,3)4/h5,7,11,16H,6H2,1-4H3,(H,14,17). The Morgan fingerprint density at radius 1 is 1.44 bits per heavy atom. The highest BCUT2D eigenvalue weighted by molar-refractivity contribution is 7.12. The Balaban J connectivity index is 2.58. The van der Waals surface area contributed by atoms with Crippen LogP contribution >= 0.6 is 11.3 Å². The van der Waals surface area contributed by atoms with Crippen molar-refractivity contribution >= 4 is 23.0 Å². The van der Waals surface area contributed by atoms with Gasteiger partial charge in [0, 0.05) is 17.5 Å². The van der Waals surface area contributed by atoms with Gasteiger partial charge in [0.25, 0.3) is 5.91 Å². The number of thiophene rings is 1. The van der Waals surface area contributed by atoms with Crippen LogP contribution in [-0.2, 0) is 0 Å². The summed E-state index contributed by atoms with van der Waals surface area (Å²) in [5.41, 5.74) is 0.273. The smallest absolute Gasteiger partial charge is 0.261 e. The molecule has 1 unspecified atom stereocenters. The number of ketones is 1. The first-order valence-electron chi connectivity index (χ1n) is 5.77. The van der Waals surface area contributed by atoms with Gasteiger partial charge in [0.15, 0.2) is 5.78 Å². The van der Waals surface area contributed by atoms with Crippen LogP contribution in [0.3, 0.4) is 0 Å². The van der Waals surface area contributed by atoms with Crippen molar-refractivity contribution in [3.63, 3.8) is 0 Å². The zero-order valence-electron chi connectivity index (χ0n) is 11.1. The molecule has 5 heteroatoms. The van der Waals surface area contributed by atoms with Crippen LogP contribution in [0, 0.1) is 5.41 Å². The van der Waals surface area contributed by atoms with Crippen molar-refractivity contribution in [3.8, 4) is 0 Å². The summed E-state index contributed by atoms with van der Waals surface area (Å²) in [6.45, 7) is 7.39. The second-order valence-electron chi connectivity index (χ2n) is 5.35. The number of aliphatic hydroxyl groups is 1. The van der Waals surface area contributed by atoms with Crippen LogP contribution in [0.2, 0.25) is 0 Å². The van der Waals surface area contributed by atoms with E-state index in [1.165, 1.54) is 18.3 Å². The Hall–Kier alpha value is -1.20. The Morgan fingerprint density at radius 2 is 2.06 bits per heavy atom. The fourth-order valence-corrected chi connectivity index (χ4v) is 2.08. The third-order valence-electron chi connectivity index (χ3n) is 2.69. The van der Waals surface area contributed by atoms with E-state index in [9.17, 15) is 14.7 Å². The summed E-state index contributed by atoms with van der Waals surface area (Å²) < 4.78 is 0. The van der Waals surface area contributed by atoms with Crippen molar-refractivity contribution < 1.29 is 14.7 Å². The molecule has 1 amide bonds. The van der Waals surface area contributed by atoms with Crippen LogP contribution in [0.5, 0.6) is 0 Å². The summed E-state index contributed by atoms with van der Waals surface area (Å²) >= 11 is 1.23. The molecule has 0 saturated heterocycles. The molecule has 1 aromatic heterocycles. The predicted octanol–water partition coefficient (Wildman–Crippen LogP) is 2.09. The van der Waals surface area contributed by atoms with E-state index in [0.717, 1.165) is 0 Å². The monoisotopic (exact) mass is 269 g/mol. The van der Waals surface area contributed by atoms with Gasteiger partial charge in [-0.2, -0.15) is 0 Å². The fraction of sp³-hybridized carbons (Fsp3) is 0.538. The summed E-state index contributed by atoms with van der Waals surface area (Å²) in [6.07, 6.45) is -0.603. The predicted molar refractivity (Wildman–Crippen MR) is 72.1 cm³/mol. The summed E-state index contributed by atoms with van der Waals surface area (Å²) in [7, 11) is 0. The van der Waals surface area contributed by atoms with Gasteiger partial charge in [0.05, 0.1) is 11.0 Å². The van der Waals surface area contributed by atoms with Gasteiger partial charge in [0.1, 0.15) is 0 Å². The lowest BCUT2D eigenvalue weighted by molar-refractivity contribution is 0.0588. The van der Waals surface area contributed by atoms with E-state index in [0.29, 0.717) is 10.4 Å². The first kappa shape index (κ1) is 14.9. The average molecular weight is 269 g/mol. The largest absolute Gasteiger partial charge is 0.391 e. The molecule has 0 fully saturated rings. The molecule has 0 spiro atoms. The van der Waals surface area contributed by atoms with Gasteiger partial charge < -0.3 is 10.4 Å². The zero-order valence-corrected chi connectivity index (χ0v) is 11.9. The number of hydrogen-bond acceptors (Lipinski definition) is 4. The Kier molecular flexibility index (Phi) is 4.65. The van der Waals surface area contributed by atoms with E-state index in [1.807, 2.05) is 20.8 Å². The molecule has 1 rings (SSSR count). The maximum Gasteiger partial charge on any atom is 0.261 e. The average Bonchev–Trinajstić information content (AvgIpc) is 2.73. The lowest BCUT2D eigenvalue weighted by Gasteiger charge is -2.25. The zero-order chi connectivity index (χ0) is 13.9. The number of aliphatic hydroxyl groups excluding tert-OH is 1. The third-order valence-corrected chi connectivity index (χ3v) is 3.61. The number of nitrogens with one attached hydrogen (secondary N) is 1. The van der Waals surface area contributed by atoms with Crippen LogP contribution in [0.1, 0.15) is 47.7 Å². The summed E-state index contributed by atoms with van der Waals surface area (Å²) in [4.78, 5) is 23.4. The second kappa shape index (κ2) is 5.63. The summed E-state index contributed by atoms with van der Waals surface area (Å²) in [5.74, 6) is -0.309. The minimum Gasteiger partial charge on any atom is -0.391 e. The molecule has 1 atom stereocenters. The van der Waals surface area contributed by atoms with Crippen molar-refractivity contribution in [1.29, 1.82) is 0 Å². The first-order valence-corrected chi connectivity index (χ1v) is 6.65. The molecule has 18 heavy (non-hydrogen) atoms. The summed E-state index contributed by atoms with van der Waals surface area (Å²) in [5, 5.41) is 14.1. The van der Waals surface area contributed by atoms with Gasteiger partial charge in [-0.25, -0.2) is 0 Å². The maximum absolute atomic E-state index is 11.8. The Labute approximate surface area is 111 Å². The van der Waals surface area contributed by atoms with Crippen LogP contribution < -0.4 is 5.32 Å². The number of rotatable bonds is 4. The SMILES string of the molecule is CC(=O)c1csc(C(=O)NCC(O)C(C)(C)C)c1. The highest BCUT2D eigenvalue weighted by atomic mass is 32.1. The van der Waals surface area contributed by atoms with E-state index in [-0.39, 0.29) is 23.7 Å². The molecule has 1 aromatic rings. The van der Waals surface area contributed by atoms with Crippen molar-refractivity contribution in [2.75, 3.05) is 6.54 Å². The number of hydrogen-bond donors (Lipinski definition) is 2. The van der Waals surface area contributed by atoms with Gasteiger partial charge >= 0.3 is 0 Å². The van der Waals surface area contributed by atoms with Gasteiger partial charge in [-0.3, -0.25) is 9.59 Å². The maximum atomic E-state index is 11.8. The van der Waals surface area contributed by atoms with E-state index in [2.05, 4.69) is 5.32 Å². The second-order valence-corrected chi connectivity index (χ2v) is 6.26. The Morgan fingerprint density at radius 3 is 2.50 bits per heavy atom. The van der Waals surface area contributed by atoms with Crippen LogP contribution in [-0.4, -0.2) is 29.4 Å². The third kappa shape index (κ3) is 3.92. The lowest BCUT2D eigenvalue weighted by Crippen LogP contribution is -2.39. The van der Waals surface area contributed by atoms with E-state index in [4.69, 9.17) is 0 Å².